The highest BCUT2D eigenvalue weighted by atomic mass is 79.9. The van der Waals surface area contributed by atoms with Gasteiger partial charge in [-0.2, -0.15) is 0 Å². The van der Waals surface area contributed by atoms with Crippen LogP contribution in [0, 0.1) is 0 Å². The minimum atomic E-state index is -3.13. The molecule has 0 aliphatic rings. The molecule has 1 rings (SSSR count). The zero-order valence-electron chi connectivity index (χ0n) is 7.95. The number of ether oxygens (including phenoxy) is 1. The molecule has 78 valence electrons. The van der Waals surface area contributed by atoms with E-state index in [0.29, 0.717) is 15.1 Å². The molecule has 0 heterocycles. The van der Waals surface area contributed by atoms with E-state index in [1.165, 1.54) is 7.11 Å². The van der Waals surface area contributed by atoms with Crippen molar-refractivity contribution in [1.29, 1.82) is 0 Å². The Morgan fingerprint density at radius 2 is 2.07 bits per heavy atom. The van der Waals surface area contributed by atoms with E-state index in [0.717, 1.165) is 0 Å². The summed E-state index contributed by atoms with van der Waals surface area (Å²) in [6.07, 6.45) is 0. The Morgan fingerprint density at radius 3 is 2.50 bits per heavy atom. The third-order valence-electron chi connectivity index (χ3n) is 1.86. The van der Waals surface area contributed by atoms with Gasteiger partial charge < -0.3 is 4.74 Å². The summed E-state index contributed by atoms with van der Waals surface area (Å²) in [5.41, 5.74) is 0. The molecular formula is C9H11BrO3S. The normalized spacial score (nSPS) is 11.4. The van der Waals surface area contributed by atoms with E-state index in [1.807, 2.05) is 0 Å². The summed E-state index contributed by atoms with van der Waals surface area (Å²) in [5.74, 6) is 0.728. The fourth-order valence-corrected chi connectivity index (χ4v) is 2.61. The molecule has 5 heteroatoms. The average Bonchev–Trinajstić information content (AvgIpc) is 2.17. The molecule has 1 aromatic carbocycles. The summed E-state index contributed by atoms with van der Waals surface area (Å²) in [5, 5.41) is 0. The van der Waals surface area contributed by atoms with Crippen LogP contribution in [0.4, 0.5) is 0 Å². The molecule has 0 N–H and O–H groups in total. The second kappa shape index (κ2) is 4.31. The van der Waals surface area contributed by atoms with Crippen LogP contribution in [0.15, 0.2) is 27.6 Å². The van der Waals surface area contributed by atoms with Crippen molar-refractivity contribution in [3.8, 4) is 5.75 Å². The molecule has 0 saturated carbocycles. The van der Waals surface area contributed by atoms with Crippen LogP contribution >= 0.6 is 15.9 Å². The van der Waals surface area contributed by atoms with Crippen molar-refractivity contribution in [2.45, 2.75) is 11.8 Å². The van der Waals surface area contributed by atoms with Crippen LogP contribution in [0.5, 0.6) is 5.75 Å². The molecule has 0 amide bonds. The molecule has 0 aromatic heterocycles. The highest BCUT2D eigenvalue weighted by molar-refractivity contribution is 9.10. The van der Waals surface area contributed by atoms with Gasteiger partial charge in [0.1, 0.15) is 5.75 Å². The molecule has 0 unspecified atom stereocenters. The summed E-state index contributed by atoms with van der Waals surface area (Å²) in [6, 6.07) is 4.73. The Bertz CT molecular complexity index is 426. The number of benzene rings is 1. The Hall–Kier alpha value is -0.550. The van der Waals surface area contributed by atoms with Gasteiger partial charge in [0.05, 0.1) is 22.2 Å². The maximum absolute atomic E-state index is 11.5. The van der Waals surface area contributed by atoms with Gasteiger partial charge in [-0.1, -0.05) is 6.92 Å². The Kier molecular flexibility index (Phi) is 3.55. The van der Waals surface area contributed by atoms with Crippen LogP contribution < -0.4 is 4.74 Å². The summed E-state index contributed by atoms with van der Waals surface area (Å²) in [6.45, 7) is 1.62. The minimum absolute atomic E-state index is 0.103. The lowest BCUT2D eigenvalue weighted by atomic mass is 10.3. The van der Waals surface area contributed by atoms with Gasteiger partial charge in [-0.25, -0.2) is 8.42 Å². The van der Waals surface area contributed by atoms with E-state index in [-0.39, 0.29) is 5.75 Å². The van der Waals surface area contributed by atoms with Gasteiger partial charge in [-0.15, -0.1) is 0 Å². The number of hydrogen-bond donors (Lipinski definition) is 0. The predicted octanol–water partition coefficient (Wildman–Crippen LogP) is 2.25. The first kappa shape index (κ1) is 11.5. The van der Waals surface area contributed by atoms with Crippen LogP contribution in [0.25, 0.3) is 0 Å². The van der Waals surface area contributed by atoms with E-state index in [9.17, 15) is 8.42 Å². The van der Waals surface area contributed by atoms with E-state index >= 15 is 0 Å². The lowest BCUT2D eigenvalue weighted by molar-refractivity contribution is 0.411. The molecular weight excluding hydrogens is 268 g/mol. The van der Waals surface area contributed by atoms with Gasteiger partial charge in [-0.05, 0) is 34.1 Å². The average molecular weight is 279 g/mol. The quantitative estimate of drug-likeness (QED) is 0.852. The fraction of sp³-hybridized carbons (Fsp3) is 0.333. The number of halogens is 1. The monoisotopic (exact) mass is 278 g/mol. The molecule has 0 fully saturated rings. The maximum atomic E-state index is 11.5. The van der Waals surface area contributed by atoms with Crippen LogP contribution in [-0.4, -0.2) is 21.3 Å². The topological polar surface area (TPSA) is 43.4 Å². The first-order chi connectivity index (χ1) is 6.51. The van der Waals surface area contributed by atoms with Crippen molar-refractivity contribution in [2.24, 2.45) is 0 Å². The van der Waals surface area contributed by atoms with E-state index < -0.39 is 9.84 Å². The second-order valence-corrected chi connectivity index (χ2v) is 5.83. The van der Waals surface area contributed by atoms with Crippen molar-refractivity contribution in [3.63, 3.8) is 0 Å². The number of methoxy groups -OCH3 is 1. The third kappa shape index (κ3) is 2.27. The van der Waals surface area contributed by atoms with Gasteiger partial charge in [0.15, 0.2) is 9.84 Å². The van der Waals surface area contributed by atoms with Crippen LogP contribution in [-0.2, 0) is 9.84 Å². The Morgan fingerprint density at radius 1 is 1.43 bits per heavy atom. The minimum Gasteiger partial charge on any atom is -0.496 e. The van der Waals surface area contributed by atoms with Gasteiger partial charge in [0, 0.05) is 0 Å². The van der Waals surface area contributed by atoms with Gasteiger partial charge >= 0.3 is 0 Å². The Labute approximate surface area is 92.1 Å². The number of sulfone groups is 1. The van der Waals surface area contributed by atoms with Crippen molar-refractivity contribution < 1.29 is 13.2 Å². The molecule has 14 heavy (non-hydrogen) atoms. The van der Waals surface area contributed by atoms with E-state index in [2.05, 4.69) is 15.9 Å². The van der Waals surface area contributed by atoms with E-state index in [4.69, 9.17) is 4.74 Å². The molecule has 0 spiro atoms. The molecule has 0 radical (unpaired) electrons. The second-order valence-electron chi connectivity index (χ2n) is 2.70. The third-order valence-corrected chi connectivity index (χ3v) is 4.21. The maximum Gasteiger partial charge on any atom is 0.178 e. The molecule has 0 saturated heterocycles. The van der Waals surface area contributed by atoms with E-state index in [1.54, 1.807) is 25.1 Å². The lowest BCUT2D eigenvalue weighted by Gasteiger charge is -2.05. The molecule has 0 aliphatic heterocycles. The van der Waals surface area contributed by atoms with Crippen molar-refractivity contribution in [1.82, 2.24) is 0 Å². The molecule has 1 aromatic rings. The highest BCUT2D eigenvalue weighted by Gasteiger charge is 2.13. The summed E-state index contributed by atoms with van der Waals surface area (Å²) in [4.78, 5) is 0.313. The first-order valence-corrected chi connectivity index (χ1v) is 6.52. The molecule has 0 aliphatic carbocycles. The van der Waals surface area contributed by atoms with Crippen LogP contribution in [0.3, 0.4) is 0 Å². The van der Waals surface area contributed by atoms with Gasteiger partial charge in [0.25, 0.3) is 0 Å². The molecule has 3 nitrogen and oxygen atoms in total. The zero-order valence-corrected chi connectivity index (χ0v) is 10.4. The Balaban J connectivity index is 3.22. The first-order valence-electron chi connectivity index (χ1n) is 4.07. The van der Waals surface area contributed by atoms with Gasteiger partial charge in [0.2, 0.25) is 0 Å². The summed E-state index contributed by atoms with van der Waals surface area (Å²) in [7, 11) is -1.60. The van der Waals surface area contributed by atoms with Crippen molar-refractivity contribution in [2.75, 3.05) is 12.9 Å². The smallest absolute Gasteiger partial charge is 0.178 e. The van der Waals surface area contributed by atoms with Crippen LogP contribution in [0.1, 0.15) is 6.92 Å². The fourth-order valence-electron chi connectivity index (χ4n) is 1.01. The summed E-state index contributed by atoms with van der Waals surface area (Å²) >= 11 is 3.24. The van der Waals surface area contributed by atoms with Gasteiger partial charge in [-0.3, -0.25) is 0 Å². The number of rotatable bonds is 3. The summed E-state index contributed by atoms with van der Waals surface area (Å²) < 4.78 is 28.6. The van der Waals surface area contributed by atoms with Crippen molar-refractivity contribution in [3.05, 3.63) is 22.7 Å². The van der Waals surface area contributed by atoms with Crippen molar-refractivity contribution >= 4 is 25.8 Å². The lowest BCUT2D eigenvalue weighted by Crippen LogP contribution is -2.03. The largest absolute Gasteiger partial charge is 0.496 e. The SMILES string of the molecule is CCS(=O)(=O)c1ccc(OC)c(Br)c1. The number of hydrogen-bond acceptors (Lipinski definition) is 3. The zero-order chi connectivity index (χ0) is 10.8. The molecule has 0 bridgehead atoms. The molecule has 0 atom stereocenters. The predicted molar refractivity (Wildman–Crippen MR) is 58.4 cm³/mol. The highest BCUT2D eigenvalue weighted by Crippen LogP contribution is 2.27. The standard InChI is InChI=1S/C9H11BrO3S/c1-3-14(11,12)7-4-5-9(13-2)8(10)6-7/h4-6H,3H2,1-2H3. The van der Waals surface area contributed by atoms with Crippen LogP contribution in [0.2, 0.25) is 0 Å².